The number of esters is 3. The van der Waals surface area contributed by atoms with Crippen LogP contribution in [0.4, 0.5) is 0 Å². The minimum atomic E-state index is -4.02. The van der Waals surface area contributed by atoms with Gasteiger partial charge in [0.1, 0.15) is 11.3 Å². The van der Waals surface area contributed by atoms with Crippen LogP contribution in [0.5, 0.6) is 0 Å². The van der Waals surface area contributed by atoms with Crippen LogP contribution in [0.15, 0.2) is 34.9 Å². The Labute approximate surface area is 258 Å². The van der Waals surface area contributed by atoms with Gasteiger partial charge in [0.05, 0.1) is 25.5 Å². The number of aryl methyl sites for hydroxylation is 1. The van der Waals surface area contributed by atoms with Crippen molar-refractivity contribution in [1.29, 1.82) is 0 Å². The lowest BCUT2D eigenvalue weighted by molar-refractivity contribution is -0.141. The molecule has 0 spiro atoms. The molecule has 1 saturated heterocycles. The average molecular weight is 632 g/mol. The summed E-state index contributed by atoms with van der Waals surface area (Å²) in [6, 6.07) is 6.31. The molecule has 0 atom stereocenters. The monoisotopic (exact) mass is 631 g/mol. The molecular formula is C31H41N3O9S. The normalized spacial score (nSPS) is 15.9. The SMILES string of the molecule is COC(=O)CCc1c(C(=O)OC(C)(C)C)[nH]c(/C(CNS(=O)(=O)c2ccc(C)cc2)=C2\NC(=O)CC2(C)C)c1CC(=O)OC. The van der Waals surface area contributed by atoms with Crippen molar-refractivity contribution in [2.45, 2.75) is 77.7 Å². The summed E-state index contributed by atoms with van der Waals surface area (Å²) in [6.45, 7) is 10.3. The van der Waals surface area contributed by atoms with Crippen LogP contribution >= 0.6 is 0 Å². The van der Waals surface area contributed by atoms with Gasteiger partial charge in [-0.3, -0.25) is 14.4 Å². The molecule has 0 aliphatic carbocycles. The molecule has 12 nitrogen and oxygen atoms in total. The van der Waals surface area contributed by atoms with Crippen LogP contribution in [0.2, 0.25) is 0 Å². The van der Waals surface area contributed by atoms with E-state index in [1.807, 2.05) is 20.8 Å². The summed E-state index contributed by atoms with van der Waals surface area (Å²) in [6.07, 6.45) is -0.321. The lowest BCUT2D eigenvalue weighted by atomic mass is 9.85. The number of amides is 1. The second-order valence-electron chi connectivity index (χ2n) is 12.3. The minimum Gasteiger partial charge on any atom is -0.469 e. The smallest absolute Gasteiger partial charge is 0.355 e. The number of sulfonamides is 1. The van der Waals surface area contributed by atoms with Crippen LogP contribution in [0, 0.1) is 12.3 Å². The number of hydrogen-bond donors (Lipinski definition) is 3. The highest BCUT2D eigenvalue weighted by Crippen LogP contribution is 2.40. The summed E-state index contributed by atoms with van der Waals surface area (Å²) in [7, 11) is -1.57. The van der Waals surface area contributed by atoms with Crippen molar-refractivity contribution >= 4 is 39.4 Å². The Balaban J connectivity index is 2.29. The summed E-state index contributed by atoms with van der Waals surface area (Å²) < 4.78 is 44.7. The Bertz CT molecular complexity index is 1580. The second-order valence-corrected chi connectivity index (χ2v) is 14.0. The van der Waals surface area contributed by atoms with Gasteiger partial charge < -0.3 is 24.5 Å². The minimum absolute atomic E-state index is 0.00244. The predicted molar refractivity (Wildman–Crippen MR) is 162 cm³/mol. The number of methoxy groups -OCH3 is 2. The molecule has 3 rings (SSSR count). The number of aromatic nitrogens is 1. The van der Waals surface area contributed by atoms with Crippen molar-refractivity contribution in [3.8, 4) is 0 Å². The first-order valence-electron chi connectivity index (χ1n) is 14.1. The van der Waals surface area contributed by atoms with Gasteiger partial charge >= 0.3 is 17.9 Å². The number of H-pyrrole nitrogens is 1. The van der Waals surface area contributed by atoms with Crippen LogP contribution in [-0.4, -0.2) is 63.6 Å². The number of carbonyl (C=O) groups is 4. The van der Waals surface area contributed by atoms with E-state index in [-0.39, 0.29) is 54.4 Å². The van der Waals surface area contributed by atoms with E-state index in [1.165, 1.54) is 26.4 Å². The third-order valence-corrected chi connectivity index (χ3v) is 8.51. The molecule has 1 aliphatic rings. The lowest BCUT2D eigenvalue weighted by Crippen LogP contribution is -2.29. The van der Waals surface area contributed by atoms with Gasteiger partial charge in [0, 0.05) is 41.8 Å². The zero-order valence-corrected chi connectivity index (χ0v) is 27.2. The van der Waals surface area contributed by atoms with Crippen molar-refractivity contribution in [2.75, 3.05) is 20.8 Å². The molecular weight excluding hydrogens is 590 g/mol. The van der Waals surface area contributed by atoms with Crippen molar-refractivity contribution in [3.63, 3.8) is 0 Å². The molecule has 1 aliphatic heterocycles. The Morgan fingerprint density at radius 1 is 0.977 bits per heavy atom. The van der Waals surface area contributed by atoms with Crippen LogP contribution < -0.4 is 10.0 Å². The van der Waals surface area contributed by atoms with Crippen molar-refractivity contribution in [1.82, 2.24) is 15.0 Å². The summed E-state index contributed by atoms with van der Waals surface area (Å²) in [5.74, 6) is -2.20. The first-order chi connectivity index (χ1) is 20.4. The van der Waals surface area contributed by atoms with Gasteiger partial charge in [-0.05, 0) is 57.4 Å². The van der Waals surface area contributed by atoms with Crippen LogP contribution in [0.25, 0.3) is 5.57 Å². The molecule has 1 amide bonds. The maximum absolute atomic E-state index is 13.5. The summed E-state index contributed by atoms with van der Waals surface area (Å²) >= 11 is 0. The fourth-order valence-electron chi connectivity index (χ4n) is 4.95. The molecule has 1 aromatic carbocycles. The number of ether oxygens (including phenoxy) is 3. The van der Waals surface area contributed by atoms with E-state index in [1.54, 1.807) is 32.9 Å². The van der Waals surface area contributed by atoms with Crippen LogP contribution in [0.1, 0.15) is 80.3 Å². The highest BCUT2D eigenvalue weighted by atomic mass is 32.2. The summed E-state index contributed by atoms with van der Waals surface area (Å²) in [5.41, 5.74) is 0.802. The zero-order valence-electron chi connectivity index (χ0n) is 26.4. The van der Waals surface area contributed by atoms with Gasteiger partial charge in [-0.15, -0.1) is 0 Å². The fourth-order valence-corrected chi connectivity index (χ4v) is 5.95. The largest absolute Gasteiger partial charge is 0.469 e. The van der Waals surface area contributed by atoms with Crippen molar-refractivity contribution in [3.05, 3.63) is 58.0 Å². The van der Waals surface area contributed by atoms with E-state index in [2.05, 4.69) is 15.0 Å². The summed E-state index contributed by atoms with van der Waals surface area (Å²) in [5, 5.41) is 2.86. The molecule has 0 saturated carbocycles. The number of carbonyl (C=O) groups excluding carboxylic acids is 4. The van der Waals surface area contributed by atoms with Gasteiger partial charge in [0.25, 0.3) is 0 Å². The molecule has 2 heterocycles. The van der Waals surface area contributed by atoms with E-state index in [0.29, 0.717) is 22.4 Å². The second kappa shape index (κ2) is 13.3. The van der Waals surface area contributed by atoms with Crippen LogP contribution in [-0.2, 0) is 51.5 Å². The number of allylic oxidation sites excluding steroid dienone is 1. The highest BCUT2D eigenvalue weighted by molar-refractivity contribution is 7.89. The van der Waals surface area contributed by atoms with Crippen molar-refractivity contribution in [2.24, 2.45) is 5.41 Å². The lowest BCUT2D eigenvalue weighted by Gasteiger charge is -2.23. The van der Waals surface area contributed by atoms with Gasteiger partial charge in [0.2, 0.25) is 15.9 Å². The zero-order chi connectivity index (χ0) is 33.0. The number of hydrogen-bond acceptors (Lipinski definition) is 9. The molecule has 3 N–H and O–H groups in total. The number of aromatic amines is 1. The maximum Gasteiger partial charge on any atom is 0.355 e. The van der Waals surface area contributed by atoms with E-state index in [4.69, 9.17) is 14.2 Å². The third-order valence-electron chi connectivity index (χ3n) is 7.09. The standard InChI is InChI=1S/C31H41N3O9S/c1-18-9-11-19(12-10-18)44(39,40)32-17-22(28-31(5,6)16-23(35)33-28)26-21(15-25(37)42-8)20(13-14-24(36)41-7)27(34-26)29(38)43-30(2,3)4/h9-12,32,34H,13-17H2,1-8H3,(H,33,35)/b28-22-. The first-order valence-corrected chi connectivity index (χ1v) is 15.6. The van der Waals surface area contributed by atoms with E-state index >= 15 is 0 Å². The first kappa shape index (κ1) is 34.5. The Hall–Kier alpha value is -3.97. The third kappa shape index (κ3) is 8.35. The maximum atomic E-state index is 13.5. The van der Waals surface area contributed by atoms with E-state index in [0.717, 1.165) is 5.56 Å². The Morgan fingerprint density at radius 3 is 2.11 bits per heavy atom. The summed E-state index contributed by atoms with van der Waals surface area (Å²) in [4.78, 5) is 54.1. The average Bonchev–Trinajstić information content (AvgIpc) is 3.41. The van der Waals surface area contributed by atoms with Crippen LogP contribution in [0.3, 0.4) is 0 Å². The highest BCUT2D eigenvalue weighted by Gasteiger charge is 2.39. The molecule has 0 radical (unpaired) electrons. The molecule has 44 heavy (non-hydrogen) atoms. The predicted octanol–water partition coefficient (Wildman–Crippen LogP) is 3.34. The fraction of sp³-hybridized carbons (Fsp3) is 0.484. The Morgan fingerprint density at radius 2 is 1.59 bits per heavy atom. The molecule has 1 fully saturated rings. The topological polar surface area (TPSA) is 170 Å². The molecule has 13 heteroatoms. The number of benzene rings is 1. The van der Waals surface area contributed by atoms with Gasteiger partial charge in [-0.25, -0.2) is 17.9 Å². The Kier molecular flexibility index (Phi) is 10.5. The molecule has 0 unspecified atom stereocenters. The van der Waals surface area contributed by atoms with E-state index < -0.39 is 38.9 Å². The number of nitrogens with one attached hydrogen (secondary N) is 3. The van der Waals surface area contributed by atoms with Gasteiger partial charge in [0.15, 0.2) is 0 Å². The van der Waals surface area contributed by atoms with Crippen molar-refractivity contribution < 1.29 is 41.8 Å². The van der Waals surface area contributed by atoms with E-state index in [9.17, 15) is 27.6 Å². The quantitative estimate of drug-likeness (QED) is 0.249. The van der Waals surface area contributed by atoms with Gasteiger partial charge in [-0.1, -0.05) is 31.5 Å². The molecule has 1 aromatic heterocycles. The van der Waals surface area contributed by atoms with Gasteiger partial charge in [-0.2, -0.15) is 0 Å². The molecule has 0 bridgehead atoms. The molecule has 240 valence electrons. The molecule has 2 aromatic rings. The number of rotatable bonds is 11.